The van der Waals surface area contributed by atoms with Crippen molar-refractivity contribution in [1.82, 2.24) is 10.2 Å². The Morgan fingerprint density at radius 1 is 1.26 bits per heavy atom. The van der Waals surface area contributed by atoms with Gasteiger partial charge in [-0.05, 0) is 29.9 Å². The van der Waals surface area contributed by atoms with Crippen LogP contribution in [0.25, 0.3) is 0 Å². The van der Waals surface area contributed by atoms with Gasteiger partial charge in [-0.25, -0.2) is 0 Å². The maximum atomic E-state index is 12.0. The molecule has 0 saturated carbocycles. The Hall–Kier alpha value is -1.00. The van der Waals surface area contributed by atoms with Gasteiger partial charge in [-0.2, -0.15) is 0 Å². The molecule has 1 heterocycles. The second kappa shape index (κ2) is 7.56. The minimum absolute atomic E-state index is 0.286. The molecule has 1 fully saturated rings. The highest BCUT2D eigenvalue weighted by atomic mass is 32.2. The average molecular weight is 278 g/mol. The number of nitrogens with one attached hydrogen (secondary N) is 1. The van der Waals surface area contributed by atoms with Crippen molar-refractivity contribution in [2.75, 3.05) is 31.9 Å². The lowest BCUT2D eigenvalue weighted by Crippen LogP contribution is -2.46. The molecule has 0 radical (unpaired) electrons. The zero-order valence-corrected chi connectivity index (χ0v) is 12.3. The predicted octanol–water partition coefficient (Wildman–Crippen LogP) is 2.16. The number of hydrogen-bond acceptors (Lipinski definition) is 3. The summed E-state index contributed by atoms with van der Waals surface area (Å²) >= 11 is 1.85. The van der Waals surface area contributed by atoms with Crippen molar-refractivity contribution >= 4 is 17.7 Å². The molecule has 0 atom stereocenters. The summed E-state index contributed by atoms with van der Waals surface area (Å²) in [5, 5.41) is 3.27. The number of carbonyl (C=O) groups excluding carboxylic acids is 1. The van der Waals surface area contributed by atoms with E-state index in [-0.39, 0.29) is 5.91 Å². The molecule has 3 nitrogen and oxygen atoms in total. The summed E-state index contributed by atoms with van der Waals surface area (Å²) in [6.45, 7) is 5.71. The Balaban J connectivity index is 1.79. The van der Waals surface area contributed by atoms with Crippen LogP contribution < -0.4 is 5.32 Å². The Morgan fingerprint density at radius 2 is 1.95 bits per heavy atom. The second-order valence-corrected chi connectivity index (χ2v) is 6.05. The summed E-state index contributed by atoms with van der Waals surface area (Å²) < 4.78 is 0. The fourth-order valence-electron chi connectivity index (χ4n) is 2.24. The van der Waals surface area contributed by atoms with Crippen molar-refractivity contribution in [1.29, 1.82) is 0 Å². The van der Waals surface area contributed by atoms with E-state index in [0.29, 0.717) is 6.42 Å². The molecule has 1 N–H and O–H groups in total. The number of aryl methyl sites for hydroxylation is 1. The van der Waals surface area contributed by atoms with Crippen LogP contribution in [0.2, 0.25) is 0 Å². The van der Waals surface area contributed by atoms with Gasteiger partial charge in [0.2, 0.25) is 5.91 Å². The Bertz CT molecular complexity index is 399. The zero-order chi connectivity index (χ0) is 13.5. The maximum Gasteiger partial charge on any atom is 0.222 e. The number of carbonyl (C=O) groups is 1. The van der Waals surface area contributed by atoms with Crippen LogP contribution in [0.15, 0.2) is 29.2 Å². The maximum absolute atomic E-state index is 12.0. The van der Waals surface area contributed by atoms with Crippen molar-refractivity contribution in [3.8, 4) is 0 Å². The number of thioether (sulfide) groups is 1. The highest BCUT2D eigenvalue weighted by Crippen LogP contribution is 2.18. The van der Waals surface area contributed by atoms with Crippen LogP contribution in [0.1, 0.15) is 18.9 Å². The van der Waals surface area contributed by atoms with Crippen molar-refractivity contribution in [2.24, 2.45) is 0 Å². The van der Waals surface area contributed by atoms with Crippen molar-refractivity contribution in [2.45, 2.75) is 24.7 Å². The van der Waals surface area contributed by atoms with E-state index in [1.165, 1.54) is 10.5 Å². The molecule has 0 unspecified atom stereocenters. The summed E-state index contributed by atoms with van der Waals surface area (Å²) in [6, 6.07) is 8.59. The number of piperazine rings is 1. The third kappa shape index (κ3) is 4.55. The smallest absolute Gasteiger partial charge is 0.222 e. The summed E-state index contributed by atoms with van der Waals surface area (Å²) in [5.41, 5.74) is 1.25. The van der Waals surface area contributed by atoms with E-state index in [2.05, 4.69) is 36.5 Å². The molecule has 1 saturated heterocycles. The van der Waals surface area contributed by atoms with E-state index < -0.39 is 0 Å². The molecule has 19 heavy (non-hydrogen) atoms. The first-order chi connectivity index (χ1) is 9.29. The molecule has 1 aromatic carbocycles. The van der Waals surface area contributed by atoms with E-state index in [9.17, 15) is 4.79 Å². The topological polar surface area (TPSA) is 32.3 Å². The van der Waals surface area contributed by atoms with Crippen LogP contribution in [0.3, 0.4) is 0 Å². The first-order valence-corrected chi connectivity index (χ1v) is 7.98. The normalized spacial score (nSPS) is 15.5. The van der Waals surface area contributed by atoms with Crippen LogP contribution in [0.4, 0.5) is 0 Å². The molecule has 2 rings (SSSR count). The number of hydrogen-bond donors (Lipinski definition) is 1. The lowest BCUT2D eigenvalue weighted by atomic mass is 10.1. The monoisotopic (exact) mass is 278 g/mol. The standard InChI is InChI=1S/C15H22N2OS/c1-2-19-14-6-3-13(4-7-14)5-8-15(18)17-11-9-16-10-12-17/h3-4,6-7,16H,2,5,8-12H2,1H3. The van der Waals surface area contributed by atoms with Gasteiger partial charge in [-0.15, -0.1) is 11.8 Å². The van der Waals surface area contributed by atoms with E-state index in [0.717, 1.165) is 38.4 Å². The van der Waals surface area contributed by atoms with Crippen LogP contribution in [-0.2, 0) is 11.2 Å². The number of nitrogens with zero attached hydrogens (tertiary/aromatic N) is 1. The SMILES string of the molecule is CCSc1ccc(CCC(=O)N2CCNCC2)cc1. The predicted molar refractivity (Wildman–Crippen MR) is 80.6 cm³/mol. The molecule has 104 valence electrons. The summed E-state index contributed by atoms with van der Waals surface area (Å²) in [4.78, 5) is 15.3. The summed E-state index contributed by atoms with van der Waals surface area (Å²) in [5.74, 6) is 1.38. The summed E-state index contributed by atoms with van der Waals surface area (Å²) in [7, 11) is 0. The number of benzene rings is 1. The van der Waals surface area contributed by atoms with Gasteiger partial charge in [0.1, 0.15) is 0 Å². The average Bonchev–Trinajstić information content (AvgIpc) is 2.47. The van der Waals surface area contributed by atoms with Gasteiger partial charge in [0.15, 0.2) is 0 Å². The van der Waals surface area contributed by atoms with Gasteiger partial charge < -0.3 is 10.2 Å². The molecule has 0 aromatic heterocycles. The van der Waals surface area contributed by atoms with Crippen LogP contribution >= 0.6 is 11.8 Å². The molecule has 0 aliphatic carbocycles. The minimum Gasteiger partial charge on any atom is -0.340 e. The van der Waals surface area contributed by atoms with Gasteiger partial charge >= 0.3 is 0 Å². The molecule has 1 aromatic rings. The molecular formula is C15H22N2OS. The van der Waals surface area contributed by atoms with Crippen molar-refractivity contribution < 1.29 is 4.79 Å². The fraction of sp³-hybridized carbons (Fsp3) is 0.533. The van der Waals surface area contributed by atoms with Gasteiger partial charge in [-0.3, -0.25) is 4.79 Å². The Kier molecular flexibility index (Phi) is 5.73. The number of amides is 1. The lowest BCUT2D eigenvalue weighted by molar-refractivity contribution is -0.131. The van der Waals surface area contributed by atoms with Crippen LogP contribution in [-0.4, -0.2) is 42.7 Å². The molecule has 0 bridgehead atoms. The van der Waals surface area contributed by atoms with Gasteiger partial charge in [0, 0.05) is 37.5 Å². The van der Waals surface area contributed by atoms with Crippen LogP contribution in [0, 0.1) is 0 Å². The molecule has 0 spiro atoms. The first-order valence-electron chi connectivity index (χ1n) is 7.00. The Labute approximate surface area is 119 Å². The minimum atomic E-state index is 0.286. The number of rotatable bonds is 5. The van der Waals surface area contributed by atoms with Crippen molar-refractivity contribution in [3.05, 3.63) is 29.8 Å². The fourth-order valence-corrected chi connectivity index (χ4v) is 2.90. The lowest BCUT2D eigenvalue weighted by Gasteiger charge is -2.27. The molecule has 1 aliphatic heterocycles. The van der Waals surface area contributed by atoms with Gasteiger partial charge in [-0.1, -0.05) is 19.1 Å². The van der Waals surface area contributed by atoms with E-state index in [1.807, 2.05) is 16.7 Å². The van der Waals surface area contributed by atoms with Crippen LogP contribution in [0.5, 0.6) is 0 Å². The highest BCUT2D eigenvalue weighted by molar-refractivity contribution is 7.99. The molecular weight excluding hydrogens is 256 g/mol. The second-order valence-electron chi connectivity index (χ2n) is 4.71. The molecule has 4 heteroatoms. The molecule has 1 aliphatic rings. The summed E-state index contributed by atoms with van der Waals surface area (Å²) in [6.07, 6.45) is 1.47. The van der Waals surface area contributed by atoms with Gasteiger partial charge in [0.05, 0.1) is 0 Å². The zero-order valence-electron chi connectivity index (χ0n) is 11.5. The van der Waals surface area contributed by atoms with E-state index in [4.69, 9.17) is 0 Å². The van der Waals surface area contributed by atoms with E-state index in [1.54, 1.807) is 0 Å². The van der Waals surface area contributed by atoms with E-state index >= 15 is 0 Å². The largest absolute Gasteiger partial charge is 0.340 e. The molecule has 1 amide bonds. The Morgan fingerprint density at radius 3 is 2.58 bits per heavy atom. The first kappa shape index (κ1) is 14.4. The quantitative estimate of drug-likeness (QED) is 0.838. The van der Waals surface area contributed by atoms with Gasteiger partial charge in [0.25, 0.3) is 0 Å². The third-order valence-corrected chi connectivity index (χ3v) is 4.23. The highest BCUT2D eigenvalue weighted by Gasteiger charge is 2.15. The van der Waals surface area contributed by atoms with Crippen molar-refractivity contribution in [3.63, 3.8) is 0 Å². The third-order valence-electron chi connectivity index (χ3n) is 3.33.